The van der Waals surface area contributed by atoms with Crippen LogP contribution in [0.5, 0.6) is 0 Å². The van der Waals surface area contributed by atoms with Gasteiger partial charge in [0, 0.05) is 25.2 Å². The molecule has 0 aliphatic carbocycles. The first-order chi connectivity index (χ1) is 13.7. The molecular weight excluding hydrogens is 450 g/mol. The van der Waals surface area contributed by atoms with Crippen molar-refractivity contribution in [3.63, 3.8) is 0 Å². The van der Waals surface area contributed by atoms with Crippen molar-refractivity contribution in [3.8, 4) is 0 Å². The van der Waals surface area contributed by atoms with Crippen LogP contribution in [0.25, 0.3) is 0 Å². The third-order valence-electron chi connectivity index (χ3n) is 4.24. The first kappa shape index (κ1) is 35.9. The molecule has 0 N–H and O–H groups in total. The standard InChI is InChI=1S/C19H34O9S.2Na/c1-2-3-4-5-6-7-8-9-10-12-18(22)27-13-11-14-28-19(23)16(15-17(20)21)29(24,25)26;;/h16H,2-15H2,1H3,(H,20,21)(H,24,25,26);;/q;2*+1/p-2. The number of rotatable bonds is 18. The van der Waals surface area contributed by atoms with Gasteiger partial charge in [-0.05, 0) is 6.42 Å². The Morgan fingerprint density at radius 2 is 1.29 bits per heavy atom. The zero-order chi connectivity index (χ0) is 22.1. The number of hydrogen-bond acceptors (Lipinski definition) is 9. The molecule has 0 saturated carbocycles. The van der Waals surface area contributed by atoms with Crippen LogP contribution in [-0.4, -0.2) is 49.3 Å². The second-order valence-electron chi connectivity index (χ2n) is 6.88. The molecule has 0 bridgehead atoms. The maximum atomic E-state index is 11.6. The number of unbranched alkanes of at least 4 members (excludes halogenated alkanes) is 8. The van der Waals surface area contributed by atoms with Gasteiger partial charge in [-0.2, -0.15) is 0 Å². The Bertz CT molecular complexity index is 597. The number of aliphatic carboxylic acids is 1. The van der Waals surface area contributed by atoms with Crippen molar-refractivity contribution >= 4 is 28.0 Å². The normalized spacial score (nSPS) is 11.5. The Balaban J connectivity index is -0.00000392. The Hall–Kier alpha value is 0.320. The Labute approximate surface area is 229 Å². The van der Waals surface area contributed by atoms with Gasteiger partial charge in [0.2, 0.25) is 0 Å². The van der Waals surface area contributed by atoms with Crippen molar-refractivity contribution in [2.45, 2.75) is 89.2 Å². The van der Waals surface area contributed by atoms with Gasteiger partial charge in [-0.25, -0.2) is 8.42 Å². The van der Waals surface area contributed by atoms with Crippen molar-refractivity contribution in [2.75, 3.05) is 13.2 Å². The zero-order valence-electron chi connectivity index (χ0n) is 19.1. The van der Waals surface area contributed by atoms with Crippen LogP contribution in [0.3, 0.4) is 0 Å². The van der Waals surface area contributed by atoms with E-state index in [2.05, 4.69) is 11.7 Å². The Morgan fingerprint density at radius 1 is 0.806 bits per heavy atom. The van der Waals surface area contributed by atoms with Crippen molar-refractivity contribution < 1.29 is 101 Å². The van der Waals surface area contributed by atoms with Crippen LogP contribution in [0.1, 0.15) is 84.0 Å². The molecule has 0 spiro atoms. The predicted octanol–water partition coefficient (Wildman–Crippen LogP) is -4.55. The molecule has 31 heavy (non-hydrogen) atoms. The van der Waals surface area contributed by atoms with Crippen LogP contribution in [0, 0.1) is 0 Å². The largest absolute Gasteiger partial charge is 1.00 e. The minimum Gasteiger partial charge on any atom is -0.747 e. The molecule has 0 rings (SSSR count). The smallest absolute Gasteiger partial charge is 0.747 e. The molecule has 0 radical (unpaired) electrons. The molecule has 0 fully saturated rings. The fourth-order valence-corrected chi connectivity index (χ4v) is 3.26. The van der Waals surface area contributed by atoms with E-state index in [9.17, 15) is 32.5 Å². The van der Waals surface area contributed by atoms with E-state index in [-0.39, 0.29) is 84.7 Å². The van der Waals surface area contributed by atoms with E-state index < -0.39 is 33.7 Å². The van der Waals surface area contributed by atoms with Gasteiger partial charge in [0.05, 0.1) is 13.2 Å². The van der Waals surface area contributed by atoms with Gasteiger partial charge >= 0.3 is 71.1 Å². The number of carboxylic acids is 1. The number of esters is 2. The third kappa shape index (κ3) is 21.9. The summed E-state index contributed by atoms with van der Waals surface area (Å²) in [7, 11) is -5.17. The van der Waals surface area contributed by atoms with Gasteiger partial charge in [0.15, 0.2) is 5.25 Å². The Kier molecular flexibility index (Phi) is 25.6. The minimum atomic E-state index is -5.17. The maximum absolute atomic E-state index is 11.6. The summed E-state index contributed by atoms with van der Waals surface area (Å²) in [6.45, 7) is 1.85. The molecular formula is C19H32Na2O9S. The fourth-order valence-electron chi connectivity index (χ4n) is 2.62. The van der Waals surface area contributed by atoms with E-state index in [4.69, 9.17) is 4.74 Å². The van der Waals surface area contributed by atoms with Gasteiger partial charge < -0.3 is 23.9 Å². The number of ether oxygens (including phenoxy) is 2. The molecule has 0 aromatic carbocycles. The summed E-state index contributed by atoms with van der Waals surface area (Å²) in [4.78, 5) is 33.5. The topological polar surface area (TPSA) is 150 Å². The Morgan fingerprint density at radius 3 is 1.77 bits per heavy atom. The number of hydrogen-bond donors (Lipinski definition) is 0. The summed E-state index contributed by atoms with van der Waals surface area (Å²) < 4.78 is 42.2. The number of carbonyl (C=O) groups excluding carboxylic acids is 3. The van der Waals surface area contributed by atoms with E-state index in [0.29, 0.717) is 6.42 Å². The van der Waals surface area contributed by atoms with Gasteiger partial charge in [0.1, 0.15) is 10.1 Å². The third-order valence-corrected chi connectivity index (χ3v) is 5.30. The molecule has 9 nitrogen and oxygen atoms in total. The fraction of sp³-hybridized carbons (Fsp3) is 0.842. The van der Waals surface area contributed by atoms with Gasteiger partial charge in [-0.15, -0.1) is 0 Å². The molecule has 1 unspecified atom stereocenters. The second kappa shape index (κ2) is 22.1. The summed E-state index contributed by atoms with van der Waals surface area (Å²) in [6, 6.07) is 0. The van der Waals surface area contributed by atoms with E-state index >= 15 is 0 Å². The molecule has 0 aliphatic heterocycles. The summed E-state index contributed by atoms with van der Waals surface area (Å²) in [6.07, 6.45) is 9.38. The van der Waals surface area contributed by atoms with Crippen LogP contribution in [0.4, 0.5) is 0 Å². The number of carboxylic acid groups (broad SMARTS) is 1. The maximum Gasteiger partial charge on any atom is 1.00 e. The van der Waals surface area contributed by atoms with Crippen molar-refractivity contribution in [2.24, 2.45) is 0 Å². The monoisotopic (exact) mass is 482 g/mol. The molecule has 0 saturated heterocycles. The summed E-state index contributed by atoms with van der Waals surface area (Å²) in [5.74, 6) is -3.67. The summed E-state index contributed by atoms with van der Waals surface area (Å²) >= 11 is 0. The SMILES string of the molecule is CCCCCCCCCCCC(=O)OCCCOC(=O)C(CC(=O)[O-])S(=O)(=O)[O-].[Na+].[Na+]. The van der Waals surface area contributed by atoms with E-state index in [1.54, 1.807) is 0 Å². The summed E-state index contributed by atoms with van der Waals surface area (Å²) in [5.41, 5.74) is 0. The van der Waals surface area contributed by atoms with Crippen LogP contribution in [0.2, 0.25) is 0 Å². The van der Waals surface area contributed by atoms with E-state index in [1.807, 2.05) is 0 Å². The molecule has 0 aromatic rings. The first-order valence-corrected chi connectivity index (χ1v) is 11.6. The quantitative estimate of drug-likeness (QED) is 0.0814. The zero-order valence-corrected chi connectivity index (χ0v) is 23.9. The average molecular weight is 483 g/mol. The number of carbonyl (C=O) groups is 3. The van der Waals surface area contributed by atoms with Gasteiger partial charge in [-0.1, -0.05) is 58.3 Å². The summed E-state index contributed by atoms with van der Waals surface area (Å²) in [5, 5.41) is 8.08. The predicted molar refractivity (Wildman–Crippen MR) is 101 cm³/mol. The van der Waals surface area contributed by atoms with E-state index in [1.165, 1.54) is 38.5 Å². The molecule has 0 amide bonds. The second-order valence-corrected chi connectivity index (χ2v) is 8.43. The first-order valence-electron chi connectivity index (χ1n) is 10.1. The molecule has 12 heteroatoms. The molecule has 0 heterocycles. The minimum absolute atomic E-state index is 0. The molecule has 0 aromatic heterocycles. The van der Waals surface area contributed by atoms with Crippen molar-refractivity contribution in [3.05, 3.63) is 0 Å². The van der Waals surface area contributed by atoms with Crippen molar-refractivity contribution in [1.29, 1.82) is 0 Å². The van der Waals surface area contributed by atoms with Gasteiger partial charge in [0.25, 0.3) is 0 Å². The van der Waals surface area contributed by atoms with Crippen LogP contribution >= 0.6 is 0 Å². The van der Waals surface area contributed by atoms with Gasteiger partial charge in [-0.3, -0.25) is 9.59 Å². The van der Waals surface area contributed by atoms with Crippen LogP contribution in [0.15, 0.2) is 0 Å². The van der Waals surface area contributed by atoms with Crippen LogP contribution in [-0.2, 0) is 34.0 Å². The van der Waals surface area contributed by atoms with E-state index in [0.717, 1.165) is 19.3 Å². The average Bonchev–Trinajstić information content (AvgIpc) is 2.63. The molecule has 170 valence electrons. The van der Waals surface area contributed by atoms with Crippen molar-refractivity contribution in [1.82, 2.24) is 0 Å². The van der Waals surface area contributed by atoms with Crippen LogP contribution < -0.4 is 64.2 Å². The molecule has 1 atom stereocenters. The molecule has 0 aliphatic rings.